The Morgan fingerprint density at radius 2 is 2.29 bits per heavy atom. The fourth-order valence-electron chi connectivity index (χ4n) is 2.31. The molecule has 6 heteroatoms. The first kappa shape index (κ1) is 12.1. The summed E-state index contributed by atoms with van der Waals surface area (Å²) in [6.07, 6.45) is 3.82. The fraction of sp³-hybridized carbons (Fsp3) is 0.267. The molecule has 2 aromatic heterocycles. The van der Waals surface area contributed by atoms with Gasteiger partial charge in [0.25, 0.3) is 5.91 Å². The number of amides is 1. The first-order chi connectivity index (χ1) is 10.2. The summed E-state index contributed by atoms with van der Waals surface area (Å²) in [6.45, 7) is 1.81. The van der Waals surface area contributed by atoms with Gasteiger partial charge in [-0.15, -0.1) is 0 Å². The monoisotopic (exact) mass is 282 g/mol. The zero-order valence-corrected chi connectivity index (χ0v) is 11.5. The van der Waals surface area contributed by atoms with Gasteiger partial charge >= 0.3 is 0 Å². The topological polar surface area (TPSA) is 83.8 Å². The number of nitrogens with one attached hydrogen (secondary N) is 2. The van der Waals surface area contributed by atoms with Crippen LogP contribution in [0.15, 0.2) is 28.8 Å². The minimum absolute atomic E-state index is 0.188. The van der Waals surface area contributed by atoms with Crippen LogP contribution in [0, 0.1) is 6.92 Å². The number of nitrogens with zero attached hydrogens (tertiary/aromatic N) is 2. The van der Waals surface area contributed by atoms with Crippen molar-refractivity contribution in [2.24, 2.45) is 0 Å². The molecule has 4 rings (SSSR count). The number of benzene rings is 1. The van der Waals surface area contributed by atoms with Crippen LogP contribution in [0.5, 0.6) is 0 Å². The maximum absolute atomic E-state index is 12.1. The van der Waals surface area contributed by atoms with E-state index >= 15 is 0 Å². The van der Waals surface area contributed by atoms with Crippen molar-refractivity contribution >= 4 is 22.7 Å². The van der Waals surface area contributed by atoms with E-state index in [0.29, 0.717) is 17.2 Å². The van der Waals surface area contributed by atoms with Gasteiger partial charge in [0.05, 0.1) is 11.8 Å². The van der Waals surface area contributed by atoms with Crippen molar-refractivity contribution in [2.45, 2.75) is 25.7 Å². The maximum Gasteiger partial charge on any atom is 0.259 e. The van der Waals surface area contributed by atoms with Gasteiger partial charge < -0.3 is 9.73 Å². The van der Waals surface area contributed by atoms with Crippen molar-refractivity contribution in [1.29, 1.82) is 0 Å². The molecule has 1 amide bonds. The van der Waals surface area contributed by atoms with Crippen LogP contribution >= 0.6 is 0 Å². The summed E-state index contributed by atoms with van der Waals surface area (Å²) in [7, 11) is 0. The average Bonchev–Trinajstić information content (AvgIpc) is 3.09. The van der Waals surface area contributed by atoms with Crippen molar-refractivity contribution < 1.29 is 9.21 Å². The number of carbonyl (C=O) groups excluding carboxylic acids is 1. The molecule has 1 aliphatic carbocycles. The number of oxazole rings is 1. The highest BCUT2D eigenvalue weighted by atomic mass is 16.3. The largest absolute Gasteiger partial charge is 0.440 e. The molecule has 0 aliphatic heterocycles. The molecule has 0 bridgehead atoms. The number of rotatable bonds is 3. The Bertz CT molecular complexity index is 829. The molecular weight excluding hydrogens is 268 g/mol. The standard InChI is InChI=1S/C15H14N4O2/c1-8-11(7-16-19-8)14(20)17-10-4-5-13-12(6-10)18-15(21-13)9-2-3-9/h4-7,9H,2-3H2,1H3,(H,16,19)(H,17,20). The minimum atomic E-state index is -0.188. The summed E-state index contributed by atoms with van der Waals surface area (Å²) < 4.78 is 5.70. The smallest absolute Gasteiger partial charge is 0.259 e. The van der Waals surface area contributed by atoms with Crippen LogP contribution < -0.4 is 5.32 Å². The van der Waals surface area contributed by atoms with E-state index in [-0.39, 0.29) is 5.91 Å². The van der Waals surface area contributed by atoms with E-state index in [1.165, 1.54) is 6.20 Å². The maximum atomic E-state index is 12.1. The highest BCUT2D eigenvalue weighted by molar-refractivity contribution is 6.05. The summed E-state index contributed by atoms with van der Waals surface area (Å²) in [4.78, 5) is 16.6. The molecule has 3 aromatic rings. The summed E-state index contributed by atoms with van der Waals surface area (Å²) in [5.41, 5.74) is 3.51. The number of aromatic amines is 1. The molecule has 1 fully saturated rings. The third-order valence-corrected chi connectivity index (χ3v) is 3.66. The Hall–Kier alpha value is -2.63. The lowest BCUT2D eigenvalue weighted by molar-refractivity contribution is 0.102. The first-order valence-corrected chi connectivity index (χ1v) is 6.92. The number of anilines is 1. The molecule has 0 atom stereocenters. The molecule has 2 heterocycles. The number of carbonyl (C=O) groups is 1. The summed E-state index contributed by atoms with van der Waals surface area (Å²) >= 11 is 0. The molecule has 0 radical (unpaired) electrons. The lowest BCUT2D eigenvalue weighted by atomic mass is 10.2. The van der Waals surface area contributed by atoms with Crippen LogP contribution in [0.1, 0.15) is 40.7 Å². The fourth-order valence-corrected chi connectivity index (χ4v) is 2.31. The van der Waals surface area contributed by atoms with Gasteiger partial charge in [0.2, 0.25) is 0 Å². The second-order valence-electron chi connectivity index (χ2n) is 5.37. The third-order valence-electron chi connectivity index (χ3n) is 3.66. The molecular formula is C15H14N4O2. The third kappa shape index (κ3) is 2.18. The molecule has 106 valence electrons. The minimum Gasteiger partial charge on any atom is -0.440 e. The molecule has 0 saturated heterocycles. The quantitative estimate of drug-likeness (QED) is 0.773. The molecule has 1 saturated carbocycles. The van der Waals surface area contributed by atoms with E-state index in [1.54, 1.807) is 0 Å². The van der Waals surface area contributed by atoms with Gasteiger partial charge in [0.1, 0.15) is 5.52 Å². The van der Waals surface area contributed by atoms with Crippen molar-refractivity contribution in [2.75, 3.05) is 5.32 Å². The second kappa shape index (κ2) is 4.44. The predicted molar refractivity (Wildman–Crippen MR) is 77.3 cm³/mol. The van der Waals surface area contributed by atoms with E-state index < -0.39 is 0 Å². The molecule has 2 N–H and O–H groups in total. The van der Waals surface area contributed by atoms with E-state index in [4.69, 9.17) is 4.42 Å². The Labute approximate surface area is 120 Å². The summed E-state index contributed by atoms with van der Waals surface area (Å²) in [5.74, 6) is 1.09. The van der Waals surface area contributed by atoms with Crippen LogP contribution in [0.2, 0.25) is 0 Å². The highest BCUT2D eigenvalue weighted by Gasteiger charge is 2.28. The molecule has 0 spiro atoms. The van der Waals surface area contributed by atoms with Gasteiger partial charge in [-0.1, -0.05) is 0 Å². The van der Waals surface area contributed by atoms with Crippen LogP contribution in [-0.4, -0.2) is 21.1 Å². The number of fused-ring (bicyclic) bond motifs is 1. The van der Waals surface area contributed by atoms with Crippen molar-refractivity contribution in [3.8, 4) is 0 Å². The molecule has 1 aromatic carbocycles. The molecule has 21 heavy (non-hydrogen) atoms. The molecule has 0 unspecified atom stereocenters. The number of hydrogen-bond donors (Lipinski definition) is 2. The van der Waals surface area contributed by atoms with Crippen LogP contribution in [-0.2, 0) is 0 Å². The molecule has 6 nitrogen and oxygen atoms in total. The average molecular weight is 282 g/mol. The van der Waals surface area contributed by atoms with Gasteiger partial charge in [0, 0.05) is 17.3 Å². The Balaban J connectivity index is 1.61. The van der Waals surface area contributed by atoms with Gasteiger partial charge in [-0.2, -0.15) is 5.10 Å². The lowest BCUT2D eigenvalue weighted by Crippen LogP contribution is -2.12. The summed E-state index contributed by atoms with van der Waals surface area (Å²) in [5, 5.41) is 9.45. The van der Waals surface area contributed by atoms with Gasteiger partial charge in [0.15, 0.2) is 11.5 Å². The first-order valence-electron chi connectivity index (χ1n) is 6.92. The van der Waals surface area contributed by atoms with Crippen LogP contribution in [0.4, 0.5) is 5.69 Å². The number of hydrogen-bond acceptors (Lipinski definition) is 4. The van der Waals surface area contributed by atoms with E-state index in [0.717, 1.165) is 35.5 Å². The zero-order valence-electron chi connectivity index (χ0n) is 11.5. The van der Waals surface area contributed by atoms with Crippen molar-refractivity contribution in [3.63, 3.8) is 0 Å². The zero-order chi connectivity index (χ0) is 14.4. The highest BCUT2D eigenvalue weighted by Crippen LogP contribution is 2.40. The number of aryl methyl sites for hydroxylation is 1. The van der Waals surface area contributed by atoms with Gasteiger partial charge in [-0.05, 0) is 38.0 Å². The van der Waals surface area contributed by atoms with Crippen LogP contribution in [0.25, 0.3) is 11.1 Å². The predicted octanol–water partition coefficient (Wildman–Crippen LogP) is 2.99. The number of H-pyrrole nitrogens is 1. The SMILES string of the molecule is Cc1[nH]ncc1C(=O)Nc1ccc2oc(C3CC3)nc2c1. The van der Waals surface area contributed by atoms with Crippen LogP contribution in [0.3, 0.4) is 0 Å². The van der Waals surface area contributed by atoms with Crippen molar-refractivity contribution in [3.05, 3.63) is 41.5 Å². The van der Waals surface area contributed by atoms with Crippen molar-refractivity contribution in [1.82, 2.24) is 15.2 Å². The Morgan fingerprint density at radius 3 is 3.00 bits per heavy atom. The lowest BCUT2D eigenvalue weighted by Gasteiger charge is -2.03. The Kier molecular flexibility index (Phi) is 2.57. The van der Waals surface area contributed by atoms with E-state index in [9.17, 15) is 4.79 Å². The van der Waals surface area contributed by atoms with Gasteiger partial charge in [-0.3, -0.25) is 9.89 Å². The van der Waals surface area contributed by atoms with Gasteiger partial charge in [-0.25, -0.2) is 4.98 Å². The normalized spacial score (nSPS) is 14.5. The van der Waals surface area contributed by atoms with E-state index in [2.05, 4.69) is 20.5 Å². The van der Waals surface area contributed by atoms with E-state index in [1.807, 2.05) is 25.1 Å². The summed E-state index contributed by atoms with van der Waals surface area (Å²) in [6, 6.07) is 5.49. The second-order valence-corrected chi connectivity index (χ2v) is 5.37. The Morgan fingerprint density at radius 1 is 1.43 bits per heavy atom. The molecule has 1 aliphatic rings. The number of aromatic nitrogens is 3.